The van der Waals surface area contributed by atoms with Crippen molar-refractivity contribution >= 4 is 33.2 Å². The molecule has 1 unspecified atom stereocenters. The first-order valence-electron chi connectivity index (χ1n) is 5.89. The summed E-state index contributed by atoms with van der Waals surface area (Å²) in [7, 11) is 0. The Morgan fingerprint density at radius 1 is 1.28 bits per heavy atom. The third-order valence-corrected chi connectivity index (χ3v) is 3.97. The Morgan fingerprint density at radius 3 is 2.94 bits per heavy atom. The van der Waals surface area contributed by atoms with Gasteiger partial charge in [-0.3, -0.25) is 0 Å². The van der Waals surface area contributed by atoms with Gasteiger partial charge in [-0.15, -0.1) is 0 Å². The molecule has 4 heteroatoms. The standard InChI is InChI=1S/C14H12BrClN2/c15-10-2-4-12-9(7-10)1-5-13(12)18-11-3-6-14(16)17-8-11/h2-4,6-8,13,18H,1,5H2. The Morgan fingerprint density at radius 2 is 2.17 bits per heavy atom. The van der Waals surface area contributed by atoms with E-state index in [-0.39, 0.29) is 0 Å². The molecule has 1 heterocycles. The zero-order valence-electron chi connectivity index (χ0n) is 9.66. The van der Waals surface area contributed by atoms with Gasteiger partial charge in [0.1, 0.15) is 5.15 Å². The summed E-state index contributed by atoms with van der Waals surface area (Å²) in [5, 5.41) is 4.03. The second kappa shape index (κ2) is 4.90. The highest BCUT2D eigenvalue weighted by Crippen LogP contribution is 2.35. The second-order valence-electron chi connectivity index (χ2n) is 4.45. The lowest BCUT2D eigenvalue weighted by atomic mass is 10.1. The quantitative estimate of drug-likeness (QED) is 0.817. The van der Waals surface area contributed by atoms with Crippen LogP contribution in [0.15, 0.2) is 41.0 Å². The zero-order valence-corrected chi connectivity index (χ0v) is 12.0. The molecule has 2 nitrogen and oxygen atoms in total. The van der Waals surface area contributed by atoms with Crippen LogP contribution in [0.5, 0.6) is 0 Å². The maximum atomic E-state index is 5.78. The predicted molar refractivity (Wildman–Crippen MR) is 78.1 cm³/mol. The van der Waals surface area contributed by atoms with Crippen molar-refractivity contribution in [2.75, 3.05) is 5.32 Å². The van der Waals surface area contributed by atoms with Crippen LogP contribution in [0.4, 0.5) is 5.69 Å². The number of rotatable bonds is 2. The van der Waals surface area contributed by atoms with Gasteiger partial charge in [0.05, 0.1) is 17.9 Å². The van der Waals surface area contributed by atoms with Gasteiger partial charge in [0, 0.05) is 4.47 Å². The Labute approximate surface area is 120 Å². The van der Waals surface area contributed by atoms with Gasteiger partial charge in [-0.2, -0.15) is 0 Å². The van der Waals surface area contributed by atoms with Crippen LogP contribution in [-0.2, 0) is 6.42 Å². The summed E-state index contributed by atoms with van der Waals surface area (Å²) < 4.78 is 1.15. The molecule has 0 aliphatic heterocycles. The smallest absolute Gasteiger partial charge is 0.129 e. The summed E-state index contributed by atoms with van der Waals surface area (Å²) in [5.74, 6) is 0. The number of aromatic nitrogens is 1. The van der Waals surface area contributed by atoms with E-state index in [0.29, 0.717) is 11.2 Å². The first kappa shape index (κ1) is 12.0. The molecule has 1 atom stereocenters. The summed E-state index contributed by atoms with van der Waals surface area (Å²) in [6.07, 6.45) is 4.01. The van der Waals surface area contributed by atoms with Gasteiger partial charge in [-0.05, 0) is 48.2 Å². The van der Waals surface area contributed by atoms with Crippen LogP contribution in [0.25, 0.3) is 0 Å². The normalized spacial score (nSPS) is 17.6. The van der Waals surface area contributed by atoms with Crippen LogP contribution in [0.1, 0.15) is 23.6 Å². The van der Waals surface area contributed by atoms with Gasteiger partial charge in [0.15, 0.2) is 0 Å². The molecule has 1 aliphatic carbocycles. The number of pyridine rings is 1. The molecule has 3 rings (SSSR count). The van der Waals surface area contributed by atoms with Crippen LogP contribution in [0.2, 0.25) is 5.15 Å². The van der Waals surface area contributed by atoms with Gasteiger partial charge >= 0.3 is 0 Å². The number of nitrogens with one attached hydrogen (secondary N) is 1. The van der Waals surface area contributed by atoms with Gasteiger partial charge < -0.3 is 5.32 Å². The molecule has 0 saturated carbocycles. The monoisotopic (exact) mass is 322 g/mol. The topological polar surface area (TPSA) is 24.9 Å². The number of fused-ring (bicyclic) bond motifs is 1. The largest absolute Gasteiger partial charge is 0.377 e. The fourth-order valence-electron chi connectivity index (χ4n) is 2.40. The molecular formula is C14H12BrClN2. The molecule has 0 amide bonds. The van der Waals surface area contributed by atoms with E-state index in [1.54, 1.807) is 12.3 Å². The lowest BCUT2D eigenvalue weighted by molar-refractivity contribution is 0.761. The van der Waals surface area contributed by atoms with Crippen LogP contribution in [-0.4, -0.2) is 4.98 Å². The molecule has 1 aromatic heterocycles. The minimum atomic E-state index is 0.371. The van der Waals surface area contributed by atoms with E-state index >= 15 is 0 Å². The van der Waals surface area contributed by atoms with Crippen LogP contribution in [0.3, 0.4) is 0 Å². The van der Waals surface area contributed by atoms with Crippen molar-refractivity contribution in [3.8, 4) is 0 Å². The predicted octanol–water partition coefficient (Wildman–Crippen LogP) is 4.60. The second-order valence-corrected chi connectivity index (χ2v) is 5.75. The summed E-state index contributed by atoms with van der Waals surface area (Å²) in [6, 6.07) is 10.6. The van der Waals surface area contributed by atoms with Crippen LogP contribution >= 0.6 is 27.5 Å². The van der Waals surface area contributed by atoms with Crippen molar-refractivity contribution in [2.45, 2.75) is 18.9 Å². The minimum Gasteiger partial charge on any atom is -0.377 e. The fraction of sp³-hybridized carbons (Fsp3) is 0.214. The molecule has 0 bridgehead atoms. The highest BCUT2D eigenvalue weighted by molar-refractivity contribution is 9.10. The lowest BCUT2D eigenvalue weighted by Crippen LogP contribution is -2.07. The average Bonchev–Trinajstić information content (AvgIpc) is 2.74. The molecule has 92 valence electrons. The molecule has 0 saturated heterocycles. The third kappa shape index (κ3) is 2.38. The molecule has 1 aliphatic rings. The van der Waals surface area contributed by atoms with E-state index in [0.717, 1.165) is 23.0 Å². The maximum absolute atomic E-state index is 5.78. The van der Waals surface area contributed by atoms with Gasteiger partial charge in [-0.25, -0.2) is 4.98 Å². The summed E-state index contributed by atoms with van der Waals surface area (Å²) in [4.78, 5) is 4.09. The van der Waals surface area contributed by atoms with Gasteiger partial charge in [-0.1, -0.05) is 33.6 Å². The van der Waals surface area contributed by atoms with Crippen molar-refractivity contribution in [1.82, 2.24) is 4.98 Å². The Kier molecular flexibility index (Phi) is 3.27. The van der Waals surface area contributed by atoms with Crippen molar-refractivity contribution in [3.63, 3.8) is 0 Å². The van der Waals surface area contributed by atoms with E-state index in [4.69, 9.17) is 11.6 Å². The Bertz CT molecular complexity index is 569. The molecule has 0 radical (unpaired) electrons. The number of halogens is 2. The number of nitrogens with zero attached hydrogens (tertiary/aromatic N) is 1. The molecule has 0 spiro atoms. The summed E-state index contributed by atoms with van der Waals surface area (Å²) in [6.45, 7) is 0. The fourth-order valence-corrected chi connectivity index (χ4v) is 2.92. The van der Waals surface area contributed by atoms with E-state index in [1.165, 1.54) is 11.1 Å². The van der Waals surface area contributed by atoms with E-state index in [1.807, 2.05) is 6.07 Å². The van der Waals surface area contributed by atoms with Crippen LogP contribution < -0.4 is 5.32 Å². The van der Waals surface area contributed by atoms with Crippen molar-refractivity contribution < 1.29 is 0 Å². The first-order valence-corrected chi connectivity index (χ1v) is 7.06. The lowest BCUT2D eigenvalue weighted by Gasteiger charge is -2.15. The Balaban J connectivity index is 1.82. The molecule has 18 heavy (non-hydrogen) atoms. The number of hydrogen-bond donors (Lipinski definition) is 1. The SMILES string of the molecule is Clc1ccc(NC2CCc3cc(Br)ccc32)cn1. The highest BCUT2D eigenvalue weighted by Gasteiger charge is 2.22. The van der Waals surface area contributed by atoms with Crippen molar-refractivity contribution in [2.24, 2.45) is 0 Å². The number of hydrogen-bond acceptors (Lipinski definition) is 2. The van der Waals surface area contributed by atoms with Crippen molar-refractivity contribution in [1.29, 1.82) is 0 Å². The zero-order chi connectivity index (χ0) is 12.5. The molecular weight excluding hydrogens is 312 g/mol. The van der Waals surface area contributed by atoms with Gasteiger partial charge in [0.2, 0.25) is 0 Å². The number of anilines is 1. The minimum absolute atomic E-state index is 0.371. The summed E-state index contributed by atoms with van der Waals surface area (Å²) >= 11 is 9.30. The van der Waals surface area contributed by atoms with E-state index in [9.17, 15) is 0 Å². The number of aryl methyl sites for hydroxylation is 1. The van der Waals surface area contributed by atoms with Crippen molar-refractivity contribution in [3.05, 3.63) is 57.3 Å². The average molecular weight is 324 g/mol. The maximum Gasteiger partial charge on any atom is 0.129 e. The van der Waals surface area contributed by atoms with E-state index < -0.39 is 0 Å². The Hall–Kier alpha value is -1.06. The van der Waals surface area contributed by atoms with Gasteiger partial charge in [0.25, 0.3) is 0 Å². The molecule has 0 fully saturated rings. The third-order valence-electron chi connectivity index (χ3n) is 3.25. The summed E-state index contributed by atoms with van der Waals surface area (Å²) in [5.41, 5.74) is 3.82. The molecule has 2 aromatic rings. The van der Waals surface area contributed by atoms with Crippen LogP contribution in [0, 0.1) is 0 Å². The number of benzene rings is 1. The highest BCUT2D eigenvalue weighted by atomic mass is 79.9. The molecule has 1 N–H and O–H groups in total. The van der Waals surface area contributed by atoms with E-state index in [2.05, 4.69) is 44.4 Å². The first-order chi connectivity index (χ1) is 8.72. The molecule has 1 aromatic carbocycles.